The Kier molecular flexibility index (Phi) is 5.53. The Morgan fingerprint density at radius 1 is 1.11 bits per heavy atom. The highest BCUT2D eigenvalue weighted by molar-refractivity contribution is 5.84. The van der Waals surface area contributed by atoms with Crippen LogP contribution in [0.3, 0.4) is 0 Å². The topological polar surface area (TPSA) is 37.3 Å². The molecule has 1 N–H and O–H groups in total. The van der Waals surface area contributed by atoms with Crippen molar-refractivity contribution in [2.45, 2.75) is 58.5 Å². The molecule has 4 rings (SSSR count). The first-order chi connectivity index (χ1) is 13.1. The van der Waals surface area contributed by atoms with E-state index in [0.717, 1.165) is 44.9 Å². The van der Waals surface area contributed by atoms with Crippen molar-refractivity contribution >= 4 is 16.8 Å². The molecule has 27 heavy (non-hydrogen) atoms. The average molecular weight is 368 g/mol. The van der Waals surface area contributed by atoms with Crippen LogP contribution in [0.5, 0.6) is 0 Å². The molecule has 2 aliphatic rings. The number of amides is 1. The molecule has 1 amide bonds. The SMILES string of the molecule is CC(C)n1cc(CN2CCC(CC(=O)NCC3CC3)CC2)c2ccccc21. The van der Waals surface area contributed by atoms with Gasteiger partial charge in [-0.3, -0.25) is 9.69 Å². The summed E-state index contributed by atoms with van der Waals surface area (Å²) in [7, 11) is 0. The number of carbonyl (C=O) groups excluding carboxylic acids is 1. The zero-order chi connectivity index (χ0) is 18.8. The Morgan fingerprint density at radius 3 is 2.56 bits per heavy atom. The van der Waals surface area contributed by atoms with Crippen molar-refractivity contribution in [3.05, 3.63) is 36.0 Å². The summed E-state index contributed by atoms with van der Waals surface area (Å²) < 4.78 is 2.39. The van der Waals surface area contributed by atoms with Gasteiger partial charge in [0.1, 0.15) is 0 Å². The molecule has 1 aromatic carbocycles. The third kappa shape index (κ3) is 4.55. The molecule has 146 valence electrons. The average Bonchev–Trinajstić information content (AvgIpc) is 3.43. The number of benzene rings is 1. The van der Waals surface area contributed by atoms with Crippen molar-refractivity contribution in [3.8, 4) is 0 Å². The number of carbonyl (C=O) groups is 1. The van der Waals surface area contributed by atoms with E-state index in [2.05, 4.69) is 59.1 Å². The number of aromatic nitrogens is 1. The van der Waals surface area contributed by atoms with E-state index in [0.29, 0.717) is 18.4 Å². The van der Waals surface area contributed by atoms with Crippen LogP contribution >= 0.6 is 0 Å². The second kappa shape index (κ2) is 8.05. The highest BCUT2D eigenvalue weighted by Crippen LogP contribution is 2.29. The van der Waals surface area contributed by atoms with Crippen LogP contribution in [0, 0.1) is 11.8 Å². The molecule has 1 aliphatic carbocycles. The summed E-state index contributed by atoms with van der Waals surface area (Å²) in [5.41, 5.74) is 2.77. The molecule has 2 fully saturated rings. The van der Waals surface area contributed by atoms with E-state index in [1.165, 1.54) is 29.3 Å². The maximum Gasteiger partial charge on any atom is 0.220 e. The number of para-hydroxylation sites is 1. The maximum absolute atomic E-state index is 12.1. The van der Waals surface area contributed by atoms with Gasteiger partial charge in [0.05, 0.1) is 0 Å². The fraction of sp³-hybridized carbons (Fsp3) is 0.609. The van der Waals surface area contributed by atoms with E-state index < -0.39 is 0 Å². The molecule has 0 spiro atoms. The van der Waals surface area contributed by atoms with Crippen LogP contribution in [0.4, 0.5) is 0 Å². The summed E-state index contributed by atoms with van der Waals surface area (Å²) in [6, 6.07) is 9.23. The highest BCUT2D eigenvalue weighted by Gasteiger charge is 2.25. The summed E-state index contributed by atoms with van der Waals surface area (Å²) in [4.78, 5) is 14.7. The zero-order valence-corrected chi connectivity index (χ0v) is 16.8. The lowest BCUT2D eigenvalue weighted by Crippen LogP contribution is -2.35. The van der Waals surface area contributed by atoms with Crippen LogP contribution in [0.1, 0.15) is 57.6 Å². The number of likely N-dealkylation sites (tertiary alicyclic amines) is 1. The lowest BCUT2D eigenvalue weighted by molar-refractivity contribution is -0.122. The summed E-state index contributed by atoms with van der Waals surface area (Å²) in [5.74, 6) is 1.58. The highest BCUT2D eigenvalue weighted by atomic mass is 16.1. The lowest BCUT2D eigenvalue weighted by Gasteiger charge is -2.31. The van der Waals surface area contributed by atoms with Crippen LogP contribution in [0.2, 0.25) is 0 Å². The number of hydrogen-bond acceptors (Lipinski definition) is 2. The Balaban J connectivity index is 1.31. The quantitative estimate of drug-likeness (QED) is 0.790. The van der Waals surface area contributed by atoms with E-state index in [9.17, 15) is 4.79 Å². The van der Waals surface area contributed by atoms with Gasteiger partial charge in [-0.05, 0) is 76.1 Å². The van der Waals surface area contributed by atoms with Gasteiger partial charge in [0.2, 0.25) is 5.91 Å². The molecule has 1 aromatic heterocycles. The first-order valence-corrected chi connectivity index (χ1v) is 10.7. The number of nitrogens with zero attached hydrogens (tertiary/aromatic N) is 2. The minimum atomic E-state index is 0.264. The minimum absolute atomic E-state index is 0.264. The van der Waals surface area contributed by atoms with E-state index in [1.807, 2.05) is 0 Å². The summed E-state index contributed by atoms with van der Waals surface area (Å²) in [6.07, 6.45) is 7.93. The Bertz CT molecular complexity index is 782. The van der Waals surface area contributed by atoms with Crippen LogP contribution < -0.4 is 5.32 Å². The molecule has 1 aliphatic heterocycles. The molecule has 0 atom stereocenters. The summed E-state index contributed by atoms with van der Waals surface area (Å²) in [6.45, 7) is 8.61. The van der Waals surface area contributed by atoms with Crippen LogP contribution in [-0.4, -0.2) is 35.0 Å². The van der Waals surface area contributed by atoms with Gasteiger partial charge in [0, 0.05) is 42.7 Å². The fourth-order valence-corrected chi connectivity index (χ4v) is 4.33. The van der Waals surface area contributed by atoms with Gasteiger partial charge in [-0.15, -0.1) is 0 Å². The second-order valence-corrected chi connectivity index (χ2v) is 8.84. The molecule has 2 heterocycles. The van der Waals surface area contributed by atoms with Gasteiger partial charge >= 0.3 is 0 Å². The van der Waals surface area contributed by atoms with Crippen molar-refractivity contribution in [2.75, 3.05) is 19.6 Å². The number of hydrogen-bond donors (Lipinski definition) is 1. The first kappa shape index (κ1) is 18.5. The fourth-order valence-electron chi connectivity index (χ4n) is 4.33. The van der Waals surface area contributed by atoms with Gasteiger partial charge in [0.15, 0.2) is 0 Å². The molecule has 4 nitrogen and oxygen atoms in total. The van der Waals surface area contributed by atoms with Gasteiger partial charge in [-0.1, -0.05) is 18.2 Å². The summed E-state index contributed by atoms with van der Waals surface area (Å²) >= 11 is 0. The molecule has 0 radical (unpaired) electrons. The molecular formula is C23H33N3O. The van der Waals surface area contributed by atoms with E-state index in [1.54, 1.807) is 0 Å². The Hall–Kier alpha value is -1.81. The van der Waals surface area contributed by atoms with Crippen LogP contribution in [-0.2, 0) is 11.3 Å². The molecule has 4 heteroatoms. The van der Waals surface area contributed by atoms with Gasteiger partial charge in [0.25, 0.3) is 0 Å². The first-order valence-electron chi connectivity index (χ1n) is 10.7. The smallest absolute Gasteiger partial charge is 0.220 e. The number of rotatable bonds is 7. The van der Waals surface area contributed by atoms with Crippen molar-refractivity contribution in [1.82, 2.24) is 14.8 Å². The largest absolute Gasteiger partial charge is 0.356 e. The lowest BCUT2D eigenvalue weighted by atomic mass is 9.93. The molecule has 2 aromatic rings. The zero-order valence-electron chi connectivity index (χ0n) is 16.8. The molecule has 1 saturated heterocycles. The number of fused-ring (bicyclic) bond motifs is 1. The van der Waals surface area contributed by atoms with Gasteiger partial charge in [-0.2, -0.15) is 0 Å². The molecule has 1 saturated carbocycles. The van der Waals surface area contributed by atoms with Crippen molar-refractivity contribution in [3.63, 3.8) is 0 Å². The van der Waals surface area contributed by atoms with E-state index in [4.69, 9.17) is 0 Å². The third-order valence-corrected chi connectivity index (χ3v) is 6.24. The molecular weight excluding hydrogens is 334 g/mol. The predicted octanol–water partition coefficient (Wildman–Crippen LogP) is 4.35. The molecule has 0 bridgehead atoms. The van der Waals surface area contributed by atoms with Crippen LogP contribution in [0.25, 0.3) is 10.9 Å². The standard InChI is InChI=1S/C23H33N3O/c1-17(2)26-16-20(21-5-3-4-6-22(21)26)15-25-11-9-18(10-12-25)13-23(27)24-14-19-7-8-19/h3-6,16-19H,7-15H2,1-2H3,(H,24,27). The monoisotopic (exact) mass is 367 g/mol. The second-order valence-electron chi connectivity index (χ2n) is 8.84. The van der Waals surface area contributed by atoms with Gasteiger partial charge < -0.3 is 9.88 Å². The van der Waals surface area contributed by atoms with Crippen molar-refractivity contribution in [1.29, 1.82) is 0 Å². The minimum Gasteiger partial charge on any atom is -0.356 e. The van der Waals surface area contributed by atoms with Crippen LogP contribution in [0.15, 0.2) is 30.5 Å². The maximum atomic E-state index is 12.1. The Morgan fingerprint density at radius 2 is 1.85 bits per heavy atom. The van der Waals surface area contributed by atoms with Gasteiger partial charge in [-0.25, -0.2) is 0 Å². The third-order valence-electron chi connectivity index (χ3n) is 6.24. The predicted molar refractivity (Wildman–Crippen MR) is 111 cm³/mol. The number of piperidine rings is 1. The number of nitrogens with one attached hydrogen (secondary N) is 1. The van der Waals surface area contributed by atoms with Crippen molar-refractivity contribution < 1.29 is 4.79 Å². The van der Waals surface area contributed by atoms with E-state index in [-0.39, 0.29) is 5.91 Å². The molecule has 0 unspecified atom stereocenters. The van der Waals surface area contributed by atoms with Crippen molar-refractivity contribution in [2.24, 2.45) is 11.8 Å². The van der Waals surface area contributed by atoms with E-state index >= 15 is 0 Å². The Labute approximate surface area is 162 Å². The normalized spacial score (nSPS) is 19.1. The summed E-state index contributed by atoms with van der Waals surface area (Å²) in [5, 5.41) is 4.50.